The third-order valence-corrected chi connectivity index (χ3v) is 3.50. The van der Waals surface area contributed by atoms with Gasteiger partial charge in [0.1, 0.15) is 5.69 Å². The number of nitrogens with two attached hydrogens (primary N) is 1. The fraction of sp³-hybridized carbons (Fsp3) is 0.333. The van der Waals surface area contributed by atoms with E-state index in [1.807, 2.05) is 13.2 Å². The van der Waals surface area contributed by atoms with Gasteiger partial charge in [-0.25, -0.2) is 0 Å². The maximum absolute atomic E-state index is 5.63. The molecule has 104 valence electrons. The Bertz CT molecular complexity index is 710. The molecule has 2 N–H and O–H groups in total. The lowest BCUT2D eigenvalue weighted by Crippen LogP contribution is -2.00. The number of hydrogen-bond donors (Lipinski definition) is 1. The molecule has 0 aliphatic carbocycles. The van der Waals surface area contributed by atoms with E-state index in [1.54, 1.807) is 4.68 Å². The Kier molecular flexibility index (Phi) is 3.52. The molecule has 1 aromatic carbocycles. The number of aryl methyl sites for hydroxylation is 2. The molecule has 0 saturated carbocycles. The first-order valence-electron chi connectivity index (χ1n) is 6.90. The van der Waals surface area contributed by atoms with Gasteiger partial charge in [-0.15, -0.1) is 5.10 Å². The van der Waals surface area contributed by atoms with Crippen LogP contribution in [0.25, 0.3) is 10.9 Å². The van der Waals surface area contributed by atoms with Gasteiger partial charge in [-0.05, 0) is 31.0 Å². The van der Waals surface area contributed by atoms with Gasteiger partial charge < -0.3 is 10.3 Å². The second-order valence-corrected chi connectivity index (χ2v) is 5.08. The van der Waals surface area contributed by atoms with Crippen molar-refractivity contribution in [3.8, 4) is 0 Å². The van der Waals surface area contributed by atoms with E-state index in [-0.39, 0.29) is 0 Å². The van der Waals surface area contributed by atoms with Crippen molar-refractivity contribution in [3.05, 3.63) is 47.9 Å². The summed E-state index contributed by atoms with van der Waals surface area (Å²) in [6, 6.07) is 8.48. The van der Waals surface area contributed by atoms with Crippen LogP contribution in [0.3, 0.4) is 0 Å². The molecule has 2 aromatic heterocycles. The number of hydrogen-bond acceptors (Lipinski definition) is 3. The van der Waals surface area contributed by atoms with Crippen LogP contribution in [-0.4, -0.2) is 26.1 Å². The average molecular weight is 269 g/mol. The molecular weight excluding hydrogens is 250 g/mol. The van der Waals surface area contributed by atoms with Crippen molar-refractivity contribution >= 4 is 10.9 Å². The minimum atomic E-state index is 0.726. The second-order valence-electron chi connectivity index (χ2n) is 5.08. The number of fused-ring (bicyclic) bond motifs is 1. The molecular formula is C15H19N5. The van der Waals surface area contributed by atoms with Crippen LogP contribution in [0.4, 0.5) is 0 Å². The molecule has 3 aromatic rings. The summed E-state index contributed by atoms with van der Waals surface area (Å²) in [5.74, 6) is 0. The summed E-state index contributed by atoms with van der Waals surface area (Å²) in [7, 11) is 1.89. The summed E-state index contributed by atoms with van der Waals surface area (Å²) in [4.78, 5) is 0. The van der Waals surface area contributed by atoms with Crippen molar-refractivity contribution in [2.45, 2.75) is 19.4 Å². The van der Waals surface area contributed by atoms with Crippen LogP contribution in [0.2, 0.25) is 0 Å². The van der Waals surface area contributed by atoms with E-state index in [1.165, 1.54) is 16.5 Å². The normalized spacial score (nSPS) is 11.3. The smallest absolute Gasteiger partial charge is 0.102 e. The summed E-state index contributed by atoms with van der Waals surface area (Å²) in [6.45, 7) is 1.47. The Hall–Kier alpha value is -2.14. The van der Waals surface area contributed by atoms with Gasteiger partial charge in [0.25, 0.3) is 0 Å². The van der Waals surface area contributed by atoms with Crippen molar-refractivity contribution in [1.82, 2.24) is 19.6 Å². The first-order chi connectivity index (χ1) is 9.78. The summed E-state index contributed by atoms with van der Waals surface area (Å²) in [5.41, 5.74) is 9.19. The Morgan fingerprint density at radius 1 is 1.20 bits per heavy atom. The summed E-state index contributed by atoms with van der Waals surface area (Å²) < 4.78 is 3.97. The molecule has 0 unspecified atom stereocenters. The van der Waals surface area contributed by atoms with E-state index in [0.29, 0.717) is 0 Å². The lowest BCUT2D eigenvalue weighted by molar-refractivity contribution is 0.710. The molecule has 0 spiro atoms. The minimum Gasteiger partial charge on any atom is -0.341 e. The van der Waals surface area contributed by atoms with Crippen molar-refractivity contribution in [2.24, 2.45) is 12.8 Å². The number of rotatable bonds is 5. The highest BCUT2D eigenvalue weighted by molar-refractivity contribution is 5.84. The predicted octanol–water partition coefficient (Wildman–Crippen LogP) is 1.71. The number of nitrogens with zero attached hydrogens (tertiary/aromatic N) is 4. The van der Waals surface area contributed by atoms with Crippen molar-refractivity contribution in [2.75, 3.05) is 6.54 Å². The molecule has 0 aliphatic heterocycles. The molecule has 0 atom stereocenters. The zero-order valence-electron chi connectivity index (χ0n) is 11.7. The molecule has 5 nitrogen and oxygen atoms in total. The van der Waals surface area contributed by atoms with Crippen molar-refractivity contribution in [3.63, 3.8) is 0 Å². The van der Waals surface area contributed by atoms with Gasteiger partial charge in [0.15, 0.2) is 0 Å². The largest absolute Gasteiger partial charge is 0.341 e. The first-order valence-corrected chi connectivity index (χ1v) is 6.90. The highest BCUT2D eigenvalue weighted by atomic mass is 15.4. The van der Waals surface area contributed by atoms with Gasteiger partial charge >= 0.3 is 0 Å². The fourth-order valence-corrected chi connectivity index (χ4v) is 2.59. The molecule has 0 amide bonds. The van der Waals surface area contributed by atoms with E-state index in [0.717, 1.165) is 31.6 Å². The molecule has 5 heteroatoms. The lowest BCUT2D eigenvalue weighted by Gasteiger charge is -2.01. The van der Waals surface area contributed by atoms with E-state index < -0.39 is 0 Å². The van der Waals surface area contributed by atoms with Gasteiger partial charge in [0.2, 0.25) is 0 Å². The SMILES string of the molecule is Cn1cc(Cn2cc(CCCN)c3ccccc32)nn1. The third-order valence-electron chi connectivity index (χ3n) is 3.50. The molecule has 20 heavy (non-hydrogen) atoms. The van der Waals surface area contributed by atoms with E-state index in [2.05, 4.69) is 45.3 Å². The monoisotopic (exact) mass is 269 g/mol. The quantitative estimate of drug-likeness (QED) is 0.767. The van der Waals surface area contributed by atoms with Crippen LogP contribution in [0.1, 0.15) is 17.7 Å². The number of benzene rings is 1. The van der Waals surface area contributed by atoms with Gasteiger partial charge in [-0.1, -0.05) is 23.4 Å². The first kappa shape index (κ1) is 12.9. The molecule has 0 aliphatic rings. The Balaban J connectivity index is 1.97. The van der Waals surface area contributed by atoms with E-state index in [9.17, 15) is 0 Å². The maximum atomic E-state index is 5.63. The summed E-state index contributed by atoms with van der Waals surface area (Å²) in [6.07, 6.45) is 6.20. The van der Waals surface area contributed by atoms with Crippen LogP contribution in [0.5, 0.6) is 0 Å². The van der Waals surface area contributed by atoms with Gasteiger partial charge in [-0.3, -0.25) is 4.68 Å². The molecule has 0 saturated heterocycles. The highest BCUT2D eigenvalue weighted by Gasteiger charge is 2.09. The number of para-hydroxylation sites is 1. The molecule has 3 rings (SSSR count). The Morgan fingerprint density at radius 2 is 2.05 bits per heavy atom. The van der Waals surface area contributed by atoms with Crippen LogP contribution in [0, 0.1) is 0 Å². The Labute approximate surface area is 118 Å². The molecule has 0 fully saturated rings. The standard InChI is InChI=1S/C15H19N5/c1-19-10-13(17-18-19)11-20-9-12(5-4-8-16)14-6-2-3-7-15(14)20/h2-3,6-7,9-10H,4-5,8,11,16H2,1H3. The zero-order chi connectivity index (χ0) is 13.9. The van der Waals surface area contributed by atoms with E-state index >= 15 is 0 Å². The Morgan fingerprint density at radius 3 is 2.80 bits per heavy atom. The average Bonchev–Trinajstić information content (AvgIpc) is 3.02. The van der Waals surface area contributed by atoms with Crippen LogP contribution >= 0.6 is 0 Å². The zero-order valence-corrected chi connectivity index (χ0v) is 11.7. The van der Waals surface area contributed by atoms with Crippen LogP contribution < -0.4 is 5.73 Å². The van der Waals surface area contributed by atoms with Crippen molar-refractivity contribution < 1.29 is 0 Å². The second kappa shape index (κ2) is 5.46. The topological polar surface area (TPSA) is 61.7 Å². The van der Waals surface area contributed by atoms with Gasteiger partial charge in [0, 0.05) is 30.3 Å². The number of aromatic nitrogens is 4. The minimum absolute atomic E-state index is 0.726. The molecule has 0 radical (unpaired) electrons. The van der Waals surface area contributed by atoms with Crippen molar-refractivity contribution in [1.29, 1.82) is 0 Å². The highest BCUT2D eigenvalue weighted by Crippen LogP contribution is 2.23. The van der Waals surface area contributed by atoms with Crippen LogP contribution in [0.15, 0.2) is 36.7 Å². The fourth-order valence-electron chi connectivity index (χ4n) is 2.59. The molecule has 2 heterocycles. The lowest BCUT2D eigenvalue weighted by atomic mass is 10.1. The molecule has 0 bridgehead atoms. The van der Waals surface area contributed by atoms with Gasteiger partial charge in [-0.2, -0.15) is 0 Å². The summed E-state index contributed by atoms with van der Waals surface area (Å²) in [5, 5.41) is 9.46. The van der Waals surface area contributed by atoms with Crippen LogP contribution in [-0.2, 0) is 20.0 Å². The van der Waals surface area contributed by atoms with Gasteiger partial charge in [0.05, 0.1) is 6.54 Å². The maximum Gasteiger partial charge on any atom is 0.102 e. The summed E-state index contributed by atoms with van der Waals surface area (Å²) >= 11 is 0. The third kappa shape index (κ3) is 2.44. The van der Waals surface area contributed by atoms with E-state index in [4.69, 9.17) is 5.73 Å². The predicted molar refractivity (Wildman–Crippen MR) is 79.4 cm³/mol.